The molecule has 162 valence electrons. The maximum atomic E-state index is 13.8. The second kappa shape index (κ2) is 8.51. The Bertz CT molecular complexity index is 1130. The van der Waals surface area contributed by atoms with E-state index in [1.54, 1.807) is 9.80 Å². The number of benzene rings is 2. The zero-order valence-corrected chi connectivity index (χ0v) is 17.9. The Kier molecular flexibility index (Phi) is 5.41. The van der Waals surface area contributed by atoms with Crippen LogP contribution < -0.4 is 10.2 Å². The monoisotopic (exact) mass is 427 g/mol. The van der Waals surface area contributed by atoms with Crippen LogP contribution in [0.5, 0.6) is 0 Å². The third-order valence-corrected chi connectivity index (χ3v) is 6.13. The van der Waals surface area contributed by atoms with Gasteiger partial charge in [0.05, 0.1) is 0 Å². The van der Waals surface area contributed by atoms with Gasteiger partial charge in [-0.1, -0.05) is 48.0 Å². The number of aromatic nitrogens is 2. The predicted octanol–water partition coefficient (Wildman–Crippen LogP) is 3.17. The van der Waals surface area contributed by atoms with Crippen molar-refractivity contribution in [3.63, 3.8) is 0 Å². The van der Waals surface area contributed by atoms with Gasteiger partial charge in [-0.2, -0.15) is 0 Å². The highest BCUT2D eigenvalue weighted by Crippen LogP contribution is 2.33. The maximum absolute atomic E-state index is 13.8. The molecule has 0 spiro atoms. The van der Waals surface area contributed by atoms with Gasteiger partial charge in [-0.3, -0.25) is 14.5 Å². The third-order valence-electron chi connectivity index (χ3n) is 6.13. The van der Waals surface area contributed by atoms with Gasteiger partial charge in [-0.05, 0) is 44.0 Å². The first-order valence-corrected chi connectivity index (χ1v) is 10.9. The van der Waals surface area contributed by atoms with Gasteiger partial charge in [0.1, 0.15) is 6.17 Å². The van der Waals surface area contributed by atoms with Crippen LogP contribution in [0.2, 0.25) is 0 Å². The summed E-state index contributed by atoms with van der Waals surface area (Å²) in [4.78, 5) is 39.6. The number of hydrogen-bond acceptors (Lipinski definition) is 5. The van der Waals surface area contributed by atoms with Crippen LogP contribution in [0.15, 0.2) is 67.0 Å². The standard InChI is InChI=1S/C25H25N5O2/c1-17-9-11-19(12-10-17)24(31)30-22-21(27-14-15-28-22)25(32)29(16-18-6-3-2-4-7-18)23(30)20-8-5-13-26-20/h2-4,6-7,9-12,14-15,20,23,26H,5,8,13,16H2,1H3. The highest BCUT2D eigenvalue weighted by molar-refractivity contribution is 6.11. The van der Waals surface area contributed by atoms with Crippen LogP contribution in [0.1, 0.15) is 44.8 Å². The molecule has 2 amide bonds. The van der Waals surface area contributed by atoms with E-state index >= 15 is 0 Å². The molecule has 3 aromatic rings. The Labute approximate surface area is 187 Å². The van der Waals surface area contributed by atoms with Crippen LogP contribution in [0.4, 0.5) is 5.82 Å². The molecule has 1 aromatic heterocycles. The molecule has 0 radical (unpaired) electrons. The molecule has 7 heteroatoms. The van der Waals surface area contributed by atoms with Crippen LogP contribution in [-0.4, -0.2) is 45.4 Å². The largest absolute Gasteiger partial charge is 0.310 e. The van der Waals surface area contributed by atoms with Gasteiger partial charge < -0.3 is 10.2 Å². The minimum atomic E-state index is -0.497. The summed E-state index contributed by atoms with van der Waals surface area (Å²) in [5.74, 6) is -0.0642. The smallest absolute Gasteiger partial charge is 0.278 e. The molecule has 2 aliphatic heterocycles. The highest BCUT2D eigenvalue weighted by atomic mass is 16.2. The Morgan fingerprint density at radius 1 is 1.06 bits per heavy atom. The first kappa shape index (κ1) is 20.3. The topological polar surface area (TPSA) is 78.4 Å². The average Bonchev–Trinajstić information content (AvgIpc) is 3.36. The number of carbonyl (C=O) groups excluding carboxylic acids is 2. The lowest BCUT2D eigenvalue weighted by Crippen LogP contribution is -2.64. The van der Waals surface area contributed by atoms with E-state index in [2.05, 4.69) is 15.3 Å². The average molecular weight is 428 g/mol. The van der Waals surface area contributed by atoms with E-state index in [1.807, 2.05) is 61.5 Å². The Hall–Kier alpha value is -3.58. The quantitative estimate of drug-likeness (QED) is 0.692. The van der Waals surface area contributed by atoms with Crippen molar-refractivity contribution in [2.24, 2.45) is 0 Å². The number of amides is 2. The summed E-state index contributed by atoms with van der Waals surface area (Å²) in [5.41, 5.74) is 2.84. The molecule has 3 heterocycles. The molecule has 0 aliphatic carbocycles. The normalized spacial score (nSPS) is 20.3. The zero-order valence-electron chi connectivity index (χ0n) is 17.9. The van der Waals surface area contributed by atoms with Gasteiger partial charge in [-0.15, -0.1) is 0 Å². The molecule has 2 unspecified atom stereocenters. The third kappa shape index (κ3) is 3.65. The highest BCUT2D eigenvalue weighted by Gasteiger charge is 2.46. The van der Waals surface area contributed by atoms with Crippen molar-refractivity contribution in [1.82, 2.24) is 20.2 Å². The van der Waals surface area contributed by atoms with Gasteiger partial charge in [0.15, 0.2) is 11.5 Å². The minimum Gasteiger partial charge on any atom is -0.310 e. The summed E-state index contributed by atoms with van der Waals surface area (Å²) in [5, 5.41) is 3.50. The Morgan fingerprint density at radius 3 is 2.53 bits per heavy atom. The molecular weight excluding hydrogens is 402 g/mol. The number of hydrogen-bond donors (Lipinski definition) is 1. The summed E-state index contributed by atoms with van der Waals surface area (Å²) in [6.07, 6.45) is 4.40. The Balaban J connectivity index is 1.64. The van der Waals surface area contributed by atoms with Gasteiger partial charge >= 0.3 is 0 Å². The molecular formula is C25H25N5O2. The molecule has 1 saturated heterocycles. The van der Waals surface area contributed by atoms with Crippen molar-refractivity contribution in [3.05, 3.63) is 89.4 Å². The van der Waals surface area contributed by atoms with Crippen molar-refractivity contribution in [1.29, 1.82) is 0 Å². The molecule has 1 N–H and O–H groups in total. The van der Waals surface area contributed by atoms with E-state index in [9.17, 15) is 9.59 Å². The van der Waals surface area contributed by atoms with Crippen molar-refractivity contribution in [2.45, 2.75) is 38.5 Å². The number of aryl methyl sites for hydroxylation is 1. The predicted molar refractivity (Wildman–Crippen MR) is 121 cm³/mol. The summed E-state index contributed by atoms with van der Waals surface area (Å²) >= 11 is 0. The fraction of sp³-hybridized carbons (Fsp3) is 0.280. The van der Waals surface area contributed by atoms with Crippen molar-refractivity contribution in [2.75, 3.05) is 11.4 Å². The zero-order chi connectivity index (χ0) is 22.1. The molecule has 0 saturated carbocycles. The lowest BCUT2D eigenvalue weighted by Gasteiger charge is -2.45. The SMILES string of the molecule is Cc1ccc(C(=O)N2c3nccnc3C(=O)N(Cc3ccccc3)C2C2CCCN2)cc1. The summed E-state index contributed by atoms with van der Waals surface area (Å²) in [6, 6.07) is 17.3. The summed E-state index contributed by atoms with van der Waals surface area (Å²) < 4.78 is 0. The number of anilines is 1. The number of nitrogens with one attached hydrogen (secondary N) is 1. The van der Waals surface area contributed by atoms with Crippen LogP contribution in [0.25, 0.3) is 0 Å². The first-order chi connectivity index (χ1) is 15.6. The second-order valence-corrected chi connectivity index (χ2v) is 8.30. The van der Waals surface area contributed by atoms with Crippen molar-refractivity contribution in [3.8, 4) is 0 Å². The van der Waals surface area contributed by atoms with Crippen molar-refractivity contribution >= 4 is 17.6 Å². The molecule has 2 aliphatic rings. The minimum absolute atomic E-state index is 0.0489. The lowest BCUT2D eigenvalue weighted by molar-refractivity contribution is 0.0559. The fourth-order valence-corrected chi connectivity index (χ4v) is 4.54. The van der Waals surface area contributed by atoms with Gasteiger partial charge in [-0.25, -0.2) is 9.97 Å². The molecule has 7 nitrogen and oxygen atoms in total. The summed E-state index contributed by atoms with van der Waals surface area (Å²) in [7, 11) is 0. The van der Waals surface area contributed by atoms with Crippen LogP contribution in [0, 0.1) is 6.92 Å². The van der Waals surface area contributed by atoms with Gasteiger partial charge in [0, 0.05) is 30.5 Å². The maximum Gasteiger partial charge on any atom is 0.278 e. The second-order valence-electron chi connectivity index (χ2n) is 8.30. The van der Waals surface area contributed by atoms with Crippen LogP contribution in [0.3, 0.4) is 0 Å². The van der Waals surface area contributed by atoms with Gasteiger partial charge in [0.2, 0.25) is 0 Å². The van der Waals surface area contributed by atoms with Gasteiger partial charge in [0.25, 0.3) is 11.8 Å². The van der Waals surface area contributed by atoms with Crippen LogP contribution >= 0.6 is 0 Å². The molecule has 2 aromatic carbocycles. The molecule has 1 fully saturated rings. The number of rotatable bonds is 4. The van der Waals surface area contributed by atoms with E-state index in [0.717, 1.165) is 30.5 Å². The number of nitrogens with zero attached hydrogens (tertiary/aromatic N) is 4. The molecule has 0 bridgehead atoms. The molecule has 2 atom stereocenters. The van der Waals surface area contributed by atoms with E-state index < -0.39 is 6.17 Å². The number of fused-ring (bicyclic) bond motifs is 1. The molecule has 32 heavy (non-hydrogen) atoms. The lowest BCUT2D eigenvalue weighted by atomic mass is 10.0. The van der Waals surface area contributed by atoms with Crippen molar-refractivity contribution < 1.29 is 9.59 Å². The summed E-state index contributed by atoms with van der Waals surface area (Å²) in [6.45, 7) is 3.23. The van der Waals surface area contributed by atoms with E-state index in [-0.39, 0.29) is 23.6 Å². The first-order valence-electron chi connectivity index (χ1n) is 10.9. The Morgan fingerprint density at radius 2 is 1.81 bits per heavy atom. The van der Waals surface area contributed by atoms with Crippen LogP contribution in [-0.2, 0) is 6.54 Å². The van der Waals surface area contributed by atoms with E-state index in [1.165, 1.54) is 12.4 Å². The van der Waals surface area contributed by atoms with E-state index in [4.69, 9.17) is 0 Å². The number of carbonyl (C=O) groups is 2. The molecule has 5 rings (SSSR count). The van der Waals surface area contributed by atoms with E-state index in [0.29, 0.717) is 17.9 Å². The fourth-order valence-electron chi connectivity index (χ4n) is 4.54.